The summed E-state index contributed by atoms with van der Waals surface area (Å²) in [7, 11) is 3.49. The number of rotatable bonds is 5. The lowest BCUT2D eigenvalue weighted by atomic mass is 10.1. The van der Waals surface area contributed by atoms with Gasteiger partial charge in [0.15, 0.2) is 0 Å². The zero-order valence-corrected chi connectivity index (χ0v) is 11.2. The minimum atomic E-state index is 0.0728. The number of amides is 1. The number of carbonyl (C=O) groups excluding carboxylic acids is 1. The molecule has 5 nitrogen and oxygen atoms in total. The largest absolute Gasteiger partial charge is 0.506 e. The molecule has 1 aromatic rings. The fourth-order valence-electron chi connectivity index (χ4n) is 1.57. The van der Waals surface area contributed by atoms with E-state index in [0.717, 1.165) is 12.1 Å². The first-order valence-corrected chi connectivity index (χ1v) is 5.94. The number of hydrogen-bond donors (Lipinski definition) is 2. The van der Waals surface area contributed by atoms with Gasteiger partial charge in [0, 0.05) is 20.6 Å². The van der Waals surface area contributed by atoms with Crippen molar-refractivity contribution in [2.24, 2.45) is 0 Å². The van der Waals surface area contributed by atoms with E-state index in [-0.39, 0.29) is 11.7 Å². The molecule has 1 aromatic carbocycles. The molecule has 1 rings (SSSR count). The summed E-state index contributed by atoms with van der Waals surface area (Å²) in [4.78, 5) is 15.2. The molecule has 0 radical (unpaired) electrons. The molecular weight excluding hydrogens is 230 g/mol. The molecule has 100 valence electrons. The summed E-state index contributed by atoms with van der Waals surface area (Å²) in [5, 5.41) is 9.35. The molecule has 3 N–H and O–H groups in total. The quantitative estimate of drug-likeness (QED) is 0.602. The topological polar surface area (TPSA) is 69.8 Å². The number of phenolic OH excluding ortho intramolecular Hbond substituents is 1. The molecule has 0 heterocycles. The van der Waals surface area contributed by atoms with Crippen LogP contribution in [0.25, 0.3) is 0 Å². The van der Waals surface area contributed by atoms with Crippen molar-refractivity contribution in [1.29, 1.82) is 0 Å². The standard InChI is InChI=1S/C13H21N3O2/c1-4-16(9-13(18)15(2)3)8-10-5-6-12(17)11(14)7-10/h5-7,17H,4,8-9,14H2,1-3H3. The third-order valence-electron chi connectivity index (χ3n) is 2.80. The van der Waals surface area contributed by atoms with Crippen molar-refractivity contribution in [3.63, 3.8) is 0 Å². The van der Waals surface area contributed by atoms with Gasteiger partial charge in [-0.2, -0.15) is 0 Å². The number of likely N-dealkylation sites (N-methyl/N-ethyl adjacent to an activating group) is 2. The van der Waals surface area contributed by atoms with E-state index >= 15 is 0 Å². The van der Waals surface area contributed by atoms with Gasteiger partial charge in [-0.15, -0.1) is 0 Å². The molecule has 0 aliphatic heterocycles. The zero-order valence-electron chi connectivity index (χ0n) is 11.2. The second kappa shape index (κ2) is 6.26. The van der Waals surface area contributed by atoms with E-state index in [0.29, 0.717) is 18.8 Å². The lowest BCUT2D eigenvalue weighted by Gasteiger charge is -2.22. The first-order chi connectivity index (χ1) is 8.43. The Morgan fingerprint density at radius 2 is 2.06 bits per heavy atom. The molecule has 0 saturated carbocycles. The van der Waals surface area contributed by atoms with Gasteiger partial charge in [-0.1, -0.05) is 13.0 Å². The number of aromatic hydroxyl groups is 1. The van der Waals surface area contributed by atoms with Crippen molar-refractivity contribution in [3.8, 4) is 5.75 Å². The molecule has 0 unspecified atom stereocenters. The van der Waals surface area contributed by atoms with Gasteiger partial charge in [0.05, 0.1) is 12.2 Å². The van der Waals surface area contributed by atoms with E-state index in [1.54, 1.807) is 31.1 Å². The molecule has 5 heteroatoms. The summed E-state index contributed by atoms with van der Waals surface area (Å²) in [6.45, 7) is 3.80. The van der Waals surface area contributed by atoms with Crippen molar-refractivity contribution >= 4 is 11.6 Å². The number of nitrogens with zero attached hydrogens (tertiary/aromatic N) is 2. The van der Waals surface area contributed by atoms with Crippen LogP contribution in [0.1, 0.15) is 12.5 Å². The summed E-state index contributed by atoms with van der Waals surface area (Å²) in [5.41, 5.74) is 6.99. The molecule has 0 fully saturated rings. The highest BCUT2D eigenvalue weighted by Crippen LogP contribution is 2.21. The molecule has 0 saturated heterocycles. The number of nitrogen functional groups attached to an aromatic ring is 1. The van der Waals surface area contributed by atoms with E-state index in [2.05, 4.69) is 0 Å². The Balaban J connectivity index is 2.68. The summed E-state index contributed by atoms with van der Waals surface area (Å²) < 4.78 is 0. The Kier molecular flexibility index (Phi) is 4.97. The average molecular weight is 251 g/mol. The molecule has 0 atom stereocenters. The maximum atomic E-state index is 11.6. The van der Waals surface area contributed by atoms with Crippen LogP contribution >= 0.6 is 0 Å². The van der Waals surface area contributed by atoms with Gasteiger partial charge in [-0.05, 0) is 24.2 Å². The maximum absolute atomic E-state index is 11.6. The lowest BCUT2D eigenvalue weighted by Crippen LogP contribution is -2.36. The summed E-state index contributed by atoms with van der Waals surface area (Å²) in [6, 6.07) is 5.12. The van der Waals surface area contributed by atoms with Crippen LogP contribution in [0.15, 0.2) is 18.2 Å². The molecule has 0 aromatic heterocycles. The first-order valence-electron chi connectivity index (χ1n) is 5.94. The number of anilines is 1. The van der Waals surface area contributed by atoms with Crippen molar-refractivity contribution in [3.05, 3.63) is 23.8 Å². The minimum Gasteiger partial charge on any atom is -0.506 e. The predicted molar refractivity (Wildman–Crippen MR) is 72.2 cm³/mol. The summed E-state index contributed by atoms with van der Waals surface area (Å²) >= 11 is 0. The highest BCUT2D eigenvalue weighted by molar-refractivity contribution is 5.77. The average Bonchev–Trinajstić information content (AvgIpc) is 2.32. The van der Waals surface area contributed by atoms with E-state index in [1.165, 1.54) is 0 Å². The van der Waals surface area contributed by atoms with Crippen LogP contribution in [0.4, 0.5) is 5.69 Å². The molecule has 0 spiro atoms. The Labute approximate surface area is 108 Å². The fourth-order valence-corrected chi connectivity index (χ4v) is 1.57. The van der Waals surface area contributed by atoms with E-state index in [1.807, 2.05) is 17.9 Å². The Morgan fingerprint density at radius 1 is 1.39 bits per heavy atom. The van der Waals surface area contributed by atoms with Gasteiger partial charge in [-0.3, -0.25) is 9.69 Å². The van der Waals surface area contributed by atoms with E-state index < -0.39 is 0 Å². The lowest BCUT2D eigenvalue weighted by molar-refractivity contribution is -0.130. The molecule has 0 bridgehead atoms. The SMILES string of the molecule is CCN(CC(=O)N(C)C)Cc1ccc(O)c(N)c1. The molecule has 0 aliphatic rings. The highest BCUT2D eigenvalue weighted by atomic mass is 16.3. The Hall–Kier alpha value is -1.75. The third-order valence-corrected chi connectivity index (χ3v) is 2.80. The van der Waals surface area contributed by atoms with Crippen molar-refractivity contribution in [1.82, 2.24) is 9.80 Å². The molecular formula is C13H21N3O2. The van der Waals surface area contributed by atoms with Crippen LogP contribution in [-0.2, 0) is 11.3 Å². The second-order valence-electron chi connectivity index (χ2n) is 4.48. The Morgan fingerprint density at radius 3 is 2.56 bits per heavy atom. The van der Waals surface area contributed by atoms with Gasteiger partial charge in [0.2, 0.25) is 5.91 Å². The summed E-state index contributed by atoms with van der Waals surface area (Å²) in [5.74, 6) is 0.162. The van der Waals surface area contributed by atoms with Crippen molar-refractivity contribution in [2.45, 2.75) is 13.5 Å². The van der Waals surface area contributed by atoms with Crippen molar-refractivity contribution < 1.29 is 9.90 Å². The Bertz CT molecular complexity index is 419. The number of benzene rings is 1. The molecule has 18 heavy (non-hydrogen) atoms. The molecule has 1 amide bonds. The van der Waals surface area contributed by atoms with Gasteiger partial charge in [-0.25, -0.2) is 0 Å². The van der Waals surface area contributed by atoms with Gasteiger partial charge in [0.25, 0.3) is 0 Å². The maximum Gasteiger partial charge on any atom is 0.236 e. The van der Waals surface area contributed by atoms with Crippen LogP contribution in [0.5, 0.6) is 5.75 Å². The number of nitrogens with two attached hydrogens (primary N) is 1. The van der Waals surface area contributed by atoms with Gasteiger partial charge >= 0.3 is 0 Å². The van der Waals surface area contributed by atoms with Crippen LogP contribution in [0.3, 0.4) is 0 Å². The number of carbonyl (C=O) groups is 1. The number of phenols is 1. The smallest absolute Gasteiger partial charge is 0.236 e. The van der Waals surface area contributed by atoms with E-state index in [4.69, 9.17) is 5.73 Å². The van der Waals surface area contributed by atoms with Crippen LogP contribution < -0.4 is 5.73 Å². The minimum absolute atomic E-state index is 0.0728. The second-order valence-corrected chi connectivity index (χ2v) is 4.48. The third kappa shape index (κ3) is 3.92. The predicted octanol–water partition coefficient (Wildman–Crippen LogP) is 0.884. The van der Waals surface area contributed by atoms with Crippen LogP contribution in [0, 0.1) is 0 Å². The van der Waals surface area contributed by atoms with Crippen LogP contribution in [0.2, 0.25) is 0 Å². The number of hydrogen-bond acceptors (Lipinski definition) is 4. The fraction of sp³-hybridized carbons (Fsp3) is 0.462. The zero-order chi connectivity index (χ0) is 13.7. The van der Waals surface area contributed by atoms with E-state index in [9.17, 15) is 9.90 Å². The van der Waals surface area contributed by atoms with Gasteiger partial charge < -0.3 is 15.7 Å². The highest BCUT2D eigenvalue weighted by Gasteiger charge is 2.11. The van der Waals surface area contributed by atoms with Crippen LogP contribution in [-0.4, -0.2) is 48.0 Å². The monoisotopic (exact) mass is 251 g/mol. The first kappa shape index (κ1) is 14.3. The van der Waals surface area contributed by atoms with Crippen molar-refractivity contribution in [2.75, 3.05) is 32.9 Å². The van der Waals surface area contributed by atoms with Gasteiger partial charge in [0.1, 0.15) is 5.75 Å². The summed E-state index contributed by atoms with van der Waals surface area (Å²) in [6.07, 6.45) is 0. The molecule has 0 aliphatic carbocycles. The normalized spacial score (nSPS) is 10.7.